The van der Waals surface area contributed by atoms with Gasteiger partial charge in [0.05, 0.1) is 6.10 Å². The molecule has 1 aromatic rings. The number of aliphatic hydroxyl groups is 1. The lowest BCUT2D eigenvalue weighted by Crippen LogP contribution is -2.54. The van der Waals surface area contributed by atoms with Crippen LogP contribution in [0.4, 0.5) is 0 Å². The van der Waals surface area contributed by atoms with E-state index in [9.17, 15) is 5.11 Å². The summed E-state index contributed by atoms with van der Waals surface area (Å²) in [5.41, 5.74) is 2.45. The molecule has 0 radical (unpaired) electrons. The van der Waals surface area contributed by atoms with Gasteiger partial charge in [0.25, 0.3) is 0 Å². The second kappa shape index (κ2) is 4.65. The van der Waals surface area contributed by atoms with Crippen LogP contribution >= 0.6 is 0 Å². The molecule has 1 aromatic carbocycles. The summed E-state index contributed by atoms with van der Waals surface area (Å²) in [6.45, 7) is 5.49. The molecule has 98 valence electrons. The summed E-state index contributed by atoms with van der Waals surface area (Å²) < 4.78 is 0. The molecule has 1 fully saturated rings. The Morgan fingerprint density at radius 2 is 2.00 bits per heavy atom. The maximum Gasteiger partial charge on any atom is 0.0951 e. The molecule has 1 N–H and O–H groups in total. The van der Waals surface area contributed by atoms with Gasteiger partial charge in [0.15, 0.2) is 0 Å². The molecule has 3 nitrogen and oxygen atoms in total. The van der Waals surface area contributed by atoms with Gasteiger partial charge in [-0.3, -0.25) is 4.90 Å². The number of nitrogens with zero attached hydrogens (tertiary/aromatic N) is 2. The zero-order chi connectivity index (χ0) is 12.7. The summed E-state index contributed by atoms with van der Waals surface area (Å²) in [5.74, 6) is 0. The lowest BCUT2D eigenvalue weighted by atomic mass is 10.1. The highest BCUT2D eigenvalue weighted by Gasteiger charge is 2.36. The van der Waals surface area contributed by atoms with E-state index in [1.165, 1.54) is 5.56 Å². The lowest BCUT2D eigenvalue weighted by Gasteiger charge is -2.41. The number of likely N-dealkylation sites (N-methyl/N-ethyl adjacent to an activating group) is 1. The van der Waals surface area contributed by atoms with Crippen molar-refractivity contribution in [2.24, 2.45) is 0 Å². The summed E-state index contributed by atoms with van der Waals surface area (Å²) in [5, 5.41) is 10.5. The molecule has 0 bridgehead atoms. The predicted molar refractivity (Wildman–Crippen MR) is 72.6 cm³/mol. The summed E-state index contributed by atoms with van der Waals surface area (Å²) in [7, 11) is 2.18. The van der Waals surface area contributed by atoms with Crippen LogP contribution in [0, 0.1) is 0 Å². The van der Waals surface area contributed by atoms with E-state index >= 15 is 0 Å². The second-order valence-electron chi connectivity index (χ2n) is 5.74. The molecular weight excluding hydrogens is 224 g/mol. The van der Waals surface area contributed by atoms with E-state index in [2.05, 4.69) is 42.0 Å². The van der Waals surface area contributed by atoms with Crippen molar-refractivity contribution >= 4 is 0 Å². The third kappa shape index (κ3) is 1.96. The summed E-state index contributed by atoms with van der Waals surface area (Å²) in [4.78, 5) is 4.86. The first kappa shape index (κ1) is 12.2. The fourth-order valence-electron chi connectivity index (χ4n) is 3.26. The topological polar surface area (TPSA) is 26.7 Å². The van der Waals surface area contributed by atoms with Crippen molar-refractivity contribution in [2.45, 2.75) is 31.5 Å². The Bertz CT molecular complexity index is 434. The van der Waals surface area contributed by atoms with Crippen LogP contribution in [-0.4, -0.2) is 53.7 Å². The minimum absolute atomic E-state index is 0.276. The van der Waals surface area contributed by atoms with Gasteiger partial charge in [0.2, 0.25) is 0 Å². The Labute approximate surface area is 109 Å². The molecule has 0 amide bonds. The minimum atomic E-state index is -0.309. The number of benzene rings is 1. The Balaban J connectivity index is 1.76. The first-order valence-electron chi connectivity index (χ1n) is 6.87. The van der Waals surface area contributed by atoms with E-state index in [4.69, 9.17) is 0 Å². The molecule has 0 saturated carbocycles. The second-order valence-corrected chi connectivity index (χ2v) is 5.74. The van der Waals surface area contributed by atoms with Crippen LogP contribution < -0.4 is 0 Å². The van der Waals surface area contributed by atoms with Crippen molar-refractivity contribution in [1.82, 2.24) is 9.80 Å². The van der Waals surface area contributed by atoms with E-state index in [0.29, 0.717) is 6.04 Å². The maximum atomic E-state index is 10.5. The minimum Gasteiger partial charge on any atom is -0.387 e. The molecule has 0 aromatic heterocycles. The van der Waals surface area contributed by atoms with Crippen LogP contribution in [0.15, 0.2) is 24.3 Å². The van der Waals surface area contributed by atoms with Gasteiger partial charge in [-0.05, 0) is 31.5 Å². The molecule has 1 aliphatic carbocycles. The average molecular weight is 246 g/mol. The molecule has 0 spiro atoms. The largest absolute Gasteiger partial charge is 0.387 e. The highest BCUT2D eigenvalue weighted by molar-refractivity contribution is 5.36. The summed E-state index contributed by atoms with van der Waals surface area (Å²) in [6.07, 6.45) is 0.685. The fraction of sp³-hybridized carbons (Fsp3) is 0.600. The molecule has 3 atom stereocenters. The smallest absolute Gasteiger partial charge is 0.0951 e. The van der Waals surface area contributed by atoms with Crippen LogP contribution in [0.5, 0.6) is 0 Å². The molecule has 1 heterocycles. The number of hydrogen-bond donors (Lipinski definition) is 1. The standard InChI is InChI=1S/C15H22N2O/c1-11-10-17(8-7-16(11)2)14-9-12-5-3-4-6-13(12)15(14)18/h3-6,11,14-15,18H,7-10H2,1-2H3. The number of fused-ring (bicyclic) bond motifs is 1. The molecule has 2 aliphatic rings. The van der Waals surface area contributed by atoms with Gasteiger partial charge in [-0.15, -0.1) is 0 Å². The third-order valence-corrected chi connectivity index (χ3v) is 4.63. The molecule has 1 aliphatic heterocycles. The summed E-state index contributed by atoms with van der Waals surface area (Å²) in [6, 6.07) is 9.17. The Kier molecular flexibility index (Phi) is 3.14. The number of rotatable bonds is 1. The number of piperazine rings is 1. The zero-order valence-electron chi connectivity index (χ0n) is 11.2. The predicted octanol–water partition coefficient (Wildman–Crippen LogP) is 1.28. The van der Waals surface area contributed by atoms with E-state index in [1.54, 1.807) is 0 Å². The highest BCUT2D eigenvalue weighted by atomic mass is 16.3. The molecule has 3 unspecified atom stereocenters. The monoisotopic (exact) mass is 246 g/mol. The normalized spacial score (nSPS) is 33.6. The first-order valence-corrected chi connectivity index (χ1v) is 6.87. The van der Waals surface area contributed by atoms with Gasteiger partial charge in [0, 0.05) is 31.7 Å². The highest BCUT2D eigenvalue weighted by Crippen LogP contribution is 2.34. The molecule has 18 heavy (non-hydrogen) atoms. The van der Waals surface area contributed by atoms with Crippen LogP contribution in [0.2, 0.25) is 0 Å². The zero-order valence-corrected chi connectivity index (χ0v) is 11.2. The Morgan fingerprint density at radius 1 is 1.22 bits per heavy atom. The average Bonchev–Trinajstić information content (AvgIpc) is 2.71. The van der Waals surface area contributed by atoms with Crippen molar-refractivity contribution in [3.05, 3.63) is 35.4 Å². The Morgan fingerprint density at radius 3 is 2.72 bits per heavy atom. The van der Waals surface area contributed by atoms with Crippen LogP contribution in [0.3, 0.4) is 0 Å². The molecular formula is C15H22N2O. The van der Waals surface area contributed by atoms with E-state index in [0.717, 1.165) is 31.6 Å². The van der Waals surface area contributed by atoms with Gasteiger partial charge < -0.3 is 10.0 Å². The Hall–Kier alpha value is -0.900. The number of hydrogen-bond acceptors (Lipinski definition) is 3. The van der Waals surface area contributed by atoms with Gasteiger partial charge in [0.1, 0.15) is 0 Å². The molecule has 3 heteroatoms. The van der Waals surface area contributed by atoms with Gasteiger partial charge in [-0.1, -0.05) is 24.3 Å². The fourth-order valence-corrected chi connectivity index (χ4v) is 3.26. The van der Waals surface area contributed by atoms with E-state index in [1.807, 2.05) is 6.07 Å². The van der Waals surface area contributed by atoms with Gasteiger partial charge >= 0.3 is 0 Å². The van der Waals surface area contributed by atoms with Crippen LogP contribution in [0.25, 0.3) is 0 Å². The van der Waals surface area contributed by atoms with Gasteiger partial charge in [-0.25, -0.2) is 0 Å². The number of aliphatic hydroxyl groups excluding tert-OH is 1. The van der Waals surface area contributed by atoms with E-state index in [-0.39, 0.29) is 12.1 Å². The van der Waals surface area contributed by atoms with Crippen molar-refractivity contribution in [1.29, 1.82) is 0 Å². The lowest BCUT2D eigenvalue weighted by molar-refractivity contribution is 0.0146. The van der Waals surface area contributed by atoms with E-state index < -0.39 is 0 Å². The van der Waals surface area contributed by atoms with Crippen LogP contribution in [0.1, 0.15) is 24.2 Å². The molecule has 3 rings (SSSR count). The van der Waals surface area contributed by atoms with Gasteiger partial charge in [-0.2, -0.15) is 0 Å². The molecule has 1 saturated heterocycles. The third-order valence-electron chi connectivity index (χ3n) is 4.63. The SMILES string of the molecule is CC1CN(C2Cc3ccccc3C2O)CCN1C. The quantitative estimate of drug-likeness (QED) is 0.808. The maximum absolute atomic E-state index is 10.5. The summed E-state index contributed by atoms with van der Waals surface area (Å²) >= 11 is 0. The van der Waals surface area contributed by atoms with Crippen molar-refractivity contribution in [3.63, 3.8) is 0 Å². The van der Waals surface area contributed by atoms with Crippen molar-refractivity contribution < 1.29 is 5.11 Å². The van der Waals surface area contributed by atoms with Crippen LogP contribution in [-0.2, 0) is 6.42 Å². The first-order chi connectivity index (χ1) is 8.66. The van der Waals surface area contributed by atoms with Crippen molar-refractivity contribution in [2.75, 3.05) is 26.7 Å². The van der Waals surface area contributed by atoms with Crippen molar-refractivity contribution in [3.8, 4) is 0 Å².